The summed E-state index contributed by atoms with van der Waals surface area (Å²) >= 11 is 6.93. The molecular formula is C15H16ClN5O2S. The van der Waals surface area contributed by atoms with Gasteiger partial charge in [0.15, 0.2) is 5.13 Å². The molecule has 3 N–H and O–H groups in total. The Kier molecular flexibility index (Phi) is 4.96. The normalized spacial score (nSPS) is 15.3. The van der Waals surface area contributed by atoms with Crippen molar-refractivity contribution in [2.75, 3.05) is 23.3 Å². The lowest BCUT2D eigenvalue weighted by atomic mass is 9.96. The number of rotatable bonds is 4. The van der Waals surface area contributed by atoms with Gasteiger partial charge in [0.05, 0.1) is 11.2 Å². The van der Waals surface area contributed by atoms with Crippen molar-refractivity contribution in [2.24, 2.45) is 11.7 Å². The standard InChI is InChI=1S/C15H16ClN5O2S/c16-10-1-2-12(18-7-10)21-5-3-9(4-6-21)14(23)20-15-19-8-11(24-15)13(17)22/h1-2,7-9H,3-6H2,(H2,17,22)(H,19,20,23). The van der Waals surface area contributed by atoms with Gasteiger partial charge < -0.3 is 16.0 Å². The highest BCUT2D eigenvalue weighted by molar-refractivity contribution is 7.17. The molecule has 0 saturated carbocycles. The average Bonchev–Trinajstić information content (AvgIpc) is 3.04. The van der Waals surface area contributed by atoms with Crippen molar-refractivity contribution in [2.45, 2.75) is 12.8 Å². The van der Waals surface area contributed by atoms with Crippen molar-refractivity contribution in [3.63, 3.8) is 0 Å². The fourth-order valence-electron chi connectivity index (χ4n) is 2.58. The summed E-state index contributed by atoms with van der Waals surface area (Å²) in [7, 11) is 0. The Hall–Kier alpha value is -2.19. The Bertz CT molecular complexity index is 741. The van der Waals surface area contributed by atoms with Crippen molar-refractivity contribution >= 4 is 45.7 Å². The first-order valence-corrected chi connectivity index (χ1v) is 8.65. The van der Waals surface area contributed by atoms with Gasteiger partial charge in [0, 0.05) is 25.2 Å². The van der Waals surface area contributed by atoms with E-state index in [4.69, 9.17) is 17.3 Å². The molecule has 24 heavy (non-hydrogen) atoms. The molecule has 0 unspecified atom stereocenters. The molecule has 1 aliphatic rings. The third-order valence-corrected chi connectivity index (χ3v) is 5.03. The van der Waals surface area contributed by atoms with Gasteiger partial charge in [-0.25, -0.2) is 9.97 Å². The number of hydrogen-bond acceptors (Lipinski definition) is 6. The van der Waals surface area contributed by atoms with E-state index in [0.29, 0.717) is 15.0 Å². The van der Waals surface area contributed by atoms with Crippen LogP contribution in [0.5, 0.6) is 0 Å². The van der Waals surface area contributed by atoms with E-state index in [1.807, 2.05) is 12.1 Å². The lowest BCUT2D eigenvalue weighted by molar-refractivity contribution is -0.120. The number of anilines is 2. The Balaban J connectivity index is 1.54. The Morgan fingerprint density at radius 1 is 1.25 bits per heavy atom. The molecule has 0 bridgehead atoms. The number of amides is 2. The maximum atomic E-state index is 12.3. The van der Waals surface area contributed by atoms with Crippen LogP contribution in [0.25, 0.3) is 0 Å². The number of aromatic nitrogens is 2. The van der Waals surface area contributed by atoms with Crippen molar-refractivity contribution in [1.82, 2.24) is 9.97 Å². The highest BCUT2D eigenvalue weighted by Gasteiger charge is 2.26. The summed E-state index contributed by atoms with van der Waals surface area (Å²) in [5.74, 6) is 0.152. The second-order valence-electron chi connectivity index (χ2n) is 5.48. The number of thiazole rings is 1. The van der Waals surface area contributed by atoms with Crippen molar-refractivity contribution in [1.29, 1.82) is 0 Å². The van der Waals surface area contributed by atoms with E-state index in [1.54, 1.807) is 6.20 Å². The van der Waals surface area contributed by atoms with Gasteiger partial charge in [-0.15, -0.1) is 0 Å². The molecule has 2 aromatic heterocycles. The molecule has 2 aromatic rings. The zero-order valence-corrected chi connectivity index (χ0v) is 14.3. The summed E-state index contributed by atoms with van der Waals surface area (Å²) < 4.78 is 0. The predicted octanol–water partition coefficient (Wildman–Crippen LogP) is 2.15. The van der Waals surface area contributed by atoms with Gasteiger partial charge in [0.1, 0.15) is 10.7 Å². The highest BCUT2D eigenvalue weighted by Crippen LogP contribution is 2.25. The number of piperidine rings is 1. The number of carbonyl (C=O) groups is 2. The van der Waals surface area contributed by atoms with Crippen LogP contribution >= 0.6 is 22.9 Å². The number of pyridine rings is 1. The number of halogens is 1. The van der Waals surface area contributed by atoms with Crippen LogP contribution in [0, 0.1) is 5.92 Å². The van der Waals surface area contributed by atoms with E-state index < -0.39 is 5.91 Å². The van der Waals surface area contributed by atoms with Crippen LogP contribution in [0.1, 0.15) is 22.5 Å². The largest absolute Gasteiger partial charge is 0.365 e. The van der Waals surface area contributed by atoms with E-state index in [2.05, 4.69) is 20.2 Å². The Labute approximate surface area is 147 Å². The van der Waals surface area contributed by atoms with Gasteiger partial charge >= 0.3 is 0 Å². The van der Waals surface area contributed by atoms with Gasteiger partial charge in [-0.2, -0.15) is 0 Å². The van der Waals surface area contributed by atoms with Crippen molar-refractivity contribution in [3.05, 3.63) is 34.4 Å². The molecule has 1 saturated heterocycles. The smallest absolute Gasteiger partial charge is 0.260 e. The van der Waals surface area contributed by atoms with E-state index in [9.17, 15) is 9.59 Å². The number of nitrogens with one attached hydrogen (secondary N) is 1. The summed E-state index contributed by atoms with van der Waals surface area (Å²) in [5.41, 5.74) is 5.18. The lowest BCUT2D eigenvalue weighted by Gasteiger charge is -2.31. The molecule has 9 heteroatoms. The predicted molar refractivity (Wildman–Crippen MR) is 93.4 cm³/mol. The molecule has 0 aromatic carbocycles. The van der Waals surface area contributed by atoms with E-state index in [1.165, 1.54) is 6.20 Å². The SMILES string of the molecule is NC(=O)c1cnc(NC(=O)C2CCN(c3ccc(Cl)cn3)CC2)s1. The first-order chi connectivity index (χ1) is 11.5. The minimum atomic E-state index is -0.545. The molecule has 3 heterocycles. The minimum Gasteiger partial charge on any atom is -0.365 e. The van der Waals surface area contributed by atoms with Gasteiger partial charge in [-0.05, 0) is 25.0 Å². The van der Waals surface area contributed by atoms with Crippen LogP contribution in [0.4, 0.5) is 10.9 Å². The topological polar surface area (TPSA) is 101 Å². The molecule has 0 aliphatic carbocycles. The molecule has 1 aliphatic heterocycles. The maximum Gasteiger partial charge on any atom is 0.260 e. The monoisotopic (exact) mass is 365 g/mol. The van der Waals surface area contributed by atoms with Crippen LogP contribution in [-0.4, -0.2) is 34.9 Å². The van der Waals surface area contributed by atoms with Crippen LogP contribution in [-0.2, 0) is 4.79 Å². The van der Waals surface area contributed by atoms with E-state index in [0.717, 1.165) is 43.1 Å². The third kappa shape index (κ3) is 3.82. The maximum absolute atomic E-state index is 12.3. The number of carbonyl (C=O) groups excluding carboxylic acids is 2. The van der Waals surface area contributed by atoms with Gasteiger partial charge in [-0.3, -0.25) is 9.59 Å². The molecule has 0 radical (unpaired) electrons. The van der Waals surface area contributed by atoms with Crippen molar-refractivity contribution in [3.8, 4) is 0 Å². The molecule has 126 valence electrons. The average molecular weight is 366 g/mol. The first kappa shape index (κ1) is 16.7. The van der Waals surface area contributed by atoms with Crippen molar-refractivity contribution < 1.29 is 9.59 Å². The second-order valence-corrected chi connectivity index (χ2v) is 6.95. The first-order valence-electron chi connectivity index (χ1n) is 7.46. The van der Waals surface area contributed by atoms with Crippen LogP contribution in [0.3, 0.4) is 0 Å². The van der Waals surface area contributed by atoms with Gasteiger partial charge in [0.25, 0.3) is 5.91 Å². The molecule has 2 amide bonds. The quantitative estimate of drug-likeness (QED) is 0.864. The Morgan fingerprint density at radius 3 is 2.58 bits per heavy atom. The zero-order chi connectivity index (χ0) is 17.1. The fraction of sp³-hybridized carbons (Fsp3) is 0.333. The molecular weight excluding hydrogens is 350 g/mol. The van der Waals surface area contributed by atoms with E-state index >= 15 is 0 Å². The number of primary amides is 1. The summed E-state index contributed by atoms with van der Waals surface area (Å²) in [5, 5.41) is 3.76. The minimum absolute atomic E-state index is 0.0796. The zero-order valence-electron chi connectivity index (χ0n) is 12.7. The van der Waals surface area contributed by atoms with Gasteiger partial charge in [0.2, 0.25) is 5.91 Å². The number of hydrogen-bond donors (Lipinski definition) is 2. The second kappa shape index (κ2) is 7.14. The molecule has 3 rings (SSSR count). The summed E-state index contributed by atoms with van der Waals surface area (Å²) in [6, 6.07) is 3.69. The number of nitrogens with two attached hydrogens (primary N) is 1. The molecule has 0 spiro atoms. The van der Waals surface area contributed by atoms with Crippen LogP contribution in [0.2, 0.25) is 5.02 Å². The fourth-order valence-corrected chi connectivity index (χ4v) is 3.36. The van der Waals surface area contributed by atoms with Crippen LogP contribution in [0.15, 0.2) is 24.5 Å². The van der Waals surface area contributed by atoms with E-state index in [-0.39, 0.29) is 11.8 Å². The highest BCUT2D eigenvalue weighted by atomic mass is 35.5. The molecule has 1 fully saturated rings. The van der Waals surface area contributed by atoms with Crippen LogP contribution < -0.4 is 16.0 Å². The molecule has 7 nitrogen and oxygen atoms in total. The Morgan fingerprint density at radius 2 is 2.00 bits per heavy atom. The summed E-state index contributed by atoms with van der Waals surface area (Å²) in [6.07, 6.45) is 4.44. The van der Waals surface area contributed by atoms with Gasteiger partial charge in [-0.1, -0.05) is 22.9 Å². The molecule has 0 atom stereocenters. The third-order valence-electron chi connectivity index (χ3n) is 3.88. The number of nitrogens with zero attached hydrogens (tertiary/aromatic N) is 3. The lowest BCUT2D eigenvalue weighted by Crippen LogP contribution is -2.38. The summed E-state index contributed by atoms with van der Waals surface area (Å²) in [6.45, 7) is 1.49. The summed E-state index contributed by atoms with van der Waals surface area (Å²) in [4.78, 5) is 34.1.